The average molecular weight is 497 g/mol. The molecular weight excluding hydrogens is 478 g/mol. The van der Waals surface area contributed by atoms with Crippen molar-refractivity contribution in [3.05, 3.63) is 99.0 Å². The van der Waals surface area contributed by atoms with Gasteiger partial charge in [-0.2, -0.15) is 5.26 Å². The molecule has 0 saturated carbocycles. The summed E-state index contributed by atoms with van der Waals surface area (Å²) in [4.78, 5) is 12.5. The Labute approximate surface area is 193 Å². The fourth-order valence-electron chi connectivity index (χ4n) is 3.07. The van der Waals surface area contributed by atoms with Gasteiger partial charge in [0.2, 0.25) is 0 Å². The van der Waals surface area contributed by atoms with Gasteiger partial charge in [0.25, 0.3) is 5.91 Å². The summed E-state index contributed by atoms with van der Waals surface area (Å²) in [7, 11) is 0. The predicted molar refractivity (Wildman–Crippen MR) is 123 cm³/mol. The number of rotatable bonds is 7. The molecule has 32 heavy (non-hydrogen) atoms. The van der Waals surface area contributed by atoms with Crippen LogP contribution in [0.4, 0.5) is 14.5 Å². The average Bonchev–Trinajstić information content (AvgIpc) is 2.77. The number of anilines is 1. The van der Waals surface area contributed by atoms with E-state index in [-0.39, 0.29) is 17.1 Å². The van der Waals surface area contributed by atoms with Gasteiger partial charge in [0.15, 0.2) is 0 Å². The molecule has 0 aromatic heterocycles. The first-order valence-corrected chi connectivity index (χ1v) is 10.6. The van der Waals surface area contributed by atoms with Crippen molar-refractivity contribution in [2.24, 2.45) is 0 Å². The van der Waals surface area contributed by atoms with Crippen molar-refractivity contribution in [3.8, 4) is 11.8 Å². The number of carbonyl (C=O) groups excluding carboxylic acids is 1. The molecule has 3 aromatic carbocycles. The monoisotopic (exact) mass is 496 g/mol. The minimum atomic E-state index is -0.734. The highest BCUT2D eigenvalue weighted by Gasteiger charge is 2.16. The first-order chi connectivity index (χ1) is 15.4. The Kier molecular flexibility index (Phi) is 7.74. The Bertz CT molecular complexity index is 1220. The quantitative estimate of drug-likeness (QED) is 0.310. The normalized spacial score (nSPS) is 11.0. The van der Waals surface area contributed by atoms with Crippen molar-refractivity contribution < 1.29 is 18.3 Å². The second-order valence-electron chi connectivity index (χ2n) is 6.78. The van der Waals surface area contributed by atoms with E-state index >= 15 is 0 Å². The lowest BCUT2D eigenvalue weighted by Gasteiger charge is -2.14. The molecule has 7 heteroatoms. The van der Waals surface area contributed by atoms with Gasteiger partial charge in [-0.05, 0) is 54.5 Å². The molecule has 4 nitrogen and oxygen atoms in total. The number of hydrogen-bond donors (Lipinski definition) is 1. The summed E-state index contributed by atoms with van der Waals surface area (Å²) in [5.74, 6) is -1.15. The van der Waals surface area contributed by atoms with Gasteiger partial charge in [-0.3, -0.25) is 4.79 Å². The van der Waals surface area contributed by atoms with E-state index in [0.29, 0.717) is 34.4 Å². The van der Waals surface area contributed by atoms with Crippen LogP contribution in [-0.4, -0.2) is 12.5 Å². The summed E-state index contributed by atoms with van der Waals surface area (Å²) in [5, 5.41) is 11.9. The van der Waals surface area contributed by atoms with Crippen molar-refractivity contribution >= 4 is 33.6 Å². The SMILES string of the molecule is CCOc1cc(/C=C(\C#N)C(=O)Nc2ccccc2F)cc(Br)c1Cc1ccccc1F. The minimum Gasteiger partial charge on any atom is -0.494 e. The maximum absolute atomic E-state index is 14.1. The predicted octanol–water partition coefficient (Wildman–Crippen LogP) is 6.26. The molecule has 1 amide bonds. The summed E-state index contributed by atoms with van der Waals surface area (Å²) in [6, 6.07) is 17.4. The number of ether oxygens (including phenoxy) is 1. The Morgan fingerprint density at radius 3 is 2.47 bits per heavy atom. The molecule has 0 bridgehead atoms. The zero-order valence-electron chi connectivity index (χ0n) is 17.2. The first-order valence-electron chi connectivity index (χ1n) is 9.79. The maximum atomic E-state index is 14.1. The maximum Gasteiger partial charge on any atom is 0.266 e. The van der Waals surface area contributed by atoms with Gasteiger partial charge in [0.1, 0.15) is 29.0 Å². The third-order valence-corrected chi connectivity index (χ3v) is 5.31. The molecule has 0 heterocycles. The molecule has 3 aromatic rings. The molecule has 3 rings (SSSR count). The van der Waals surface area contributed by atoms with Crippen molar-refractivity contribution in [2.75, 3.05) is 11.9 Å². The number of nitrogens with one attached hydrogen (secondary N) is 1. The molecule has 0 atom stereocenters. The molecule has 0 saturated heterocycles. The van der Waals surface area contributed by atoms with Gasteiger partial charge < -0.3 is 10.1 Å². The number of nitriles is 1. The van der Waals surface area contributed by atoms with Gasteiger partial charge in [-0.1, -0.05) is 46.3 Å². The van der Waals surface area contributed by atoms with Gasteiger partial charge in [-0.25, -0.2) is 8.78 Å². The molecule has 0 aliphatic heterocycles. The fraction of sp³-hybridized carbons (Fsp3) is 0.120. The Morgan fingerprint density at radius 2 is 1.81 bits per heavy atom. The van der Waals surface area contributed by atoms with Crippen molar-refractivity contribution in [1.82, 2.24) is 0 Å². The Morgan fingerprint density at radius 1 is 1.12 bits per heavy atom. The van der Waals surface area contributed by atoms with E-state index in [1.54, 1.807) is 36.4 Å². The zero-order valence-corrected chi connectivity index (χ0v) is 18.7. The number of benzene rings is 3. The zero-order chi connectivity index (χ0) is 23.1. The molecule has 0 spiro atoms. The number of amides is 1. The number of para-hydroxylation sites is 1. The van der Waals surface area contributed by atoms with Crippen LogP contribution < -0.4 is 10.1 Å². The first kappa shape index (κ1) is 23.2. The van der Waals surface area contributed by atoms with Crippen LogP contribution in [-0.2, 0) is 11.2 Å². The van der Waals surface area contributed by atoms with Crippen molar-refractivity contribution in [1.29, 1.82) is 5.26 Å². The van der Waals surface area contributed by atoms with E-state index in [0.717, 1.165) is 5.56 Å². The molecule has 0 aliphatic carbocycles. The topological polar surface area (TPSA) is 62.1 Å². The van der Waals surface area contributed by atoms with Gasteiger partial charge in [0, 0.05) is 16.5 Å². The Balaban J connectivity index is 1.93. The lowest BCUT2D eigenvalue weighted by Crippen LogP contribution is -2.14. The van der Waals surface area contributed by atoms with Crippen LogP contribution in [0.2, 0.25) is 0 Å². The highest BCUT2D eigenvalue weighted by atomic mass is 79.9. The fourth-order valence-corrected chi connectivity index (χ4v) is 3.67. The molecule has 162 valence electrons. The van der Waals surface area contributed by atoms with Gasteiger partial charge in [0.05, 0.1) is 12.3 Å². The van der Waals surface area contributed by atoms with E-state index in [2.05, 4.69) is 21.2 Å². The van der Waals surface area contributed by atoms with Crippen LogP contribution in [0, 0.1) is 23.0 Å². The second kappa shape index (κ2) is 10.7. The molecule has 0 unspecified atom stereocenters. The van der Waals surface area contributed by atoms with Crippen LogP contribution in [0.5, 0.6) is 5.75 Å². The van der Waals surface area contributed by atoms with Crippen LogP contribution in [0.15, 0.2) is 70.7 Å². The van der Waals surface area contributed by atoms with E-state index in [1.807, 2.05) is 13.0 Å². The number of halogens is 3. The lowest BCUT2D eigenvalue weighted by molar-refractivity contribution is -0.112. The van der Waals surface area contributed by atoms with Crippen molar-refractivity contribution in [3.63, 3.8) is 0 Å². The summed E-state index contributed by atoms with van der Waals surface area (Å²) in [5.41, 5.74) is 1.56. The molecule has 0 radical (unpaired) electrons. The third kappa shape index (κ3) is 5.59. The summed E-state index contributed by atoms with van der Waals surface area (Å²) >= 11 is 3.50. The van der Waals surface area contributed by atoms with Crippen LogP contribution in [0.25, 0.3) is 6.08 Å². The number of nitrogens with zero attached hydrogens (tertiary/aromatic N) is 1. The molecule has 1 N–H and O–H groups in total. The van der Waals surface area contributed by atoms with Crippen molar-refractivity contribution in [2.45, 2.75) is 13.3 Å². The lowest BCUT2D eigenvalue weighted by atomic mass is 10.0. The number of hydrogen-bond acceptors (Lipinski definition) is 3. The molecule has 0 fully saturated rings. The molecular formula is C25H19BrF2N2O2. The van der Waals surface area contributed by atoms with E-state index < -0.39 is 11.7 Å². The van der Waals surface area contributed by atoms with Gasteiger partial charge >= 0.3 is 0 Å². The Hall–Kier alpha value is -3.50. The third-order valence-electron chi connectivity index (χ3n) is 4.60. The highest BCUT2D eigenvalue weighted by molar-refractivity contribution is 9.10. The largest absolute Gasteiger partial charge is 0.494 e. The second-order valence-corrected chi connectivity index (χ2v) is 7.64. The van der Waals surface area contributed by atoms with E-state index in [4.69, 9.17) is 4.74 Å². The summed E-state index contributed by atoms with van der Waals surface area (Å²) in [6.07, 6.45) is 1.68. The summed E-state index contributed by atoms with van der Waals surface area (Å²) in [6.45, 7) is 2.20. The number of carbonyl (C=O) groups is 1. The van der Waals surface area contributed by atoms with Crippen LogP contribution >= 0.6 is 15.9 Å². The summed E-state index contributed by atoms with van der Waals surface area (Å²) < 4.78 is 34.4. The van der Waals surface area contributed by atoms with Gasteiger partial charge in [-0.15, -0.1) is 0 Å². The van der Waals surface area contributed by atoms with Crippen LogP contribution in [0.3, 0.4) is 0 Å². The minimum absolute atomic E-state index is 0.0185. The molecule has 0 aliphatic rings. The van der Waals surface area contributed by atoms with Crippen LogP contribution in [0.1, 0.15) is 23.6 Å². The van der Waals surface area contributed by atoms with E-state index in [1.165, 1.54) is 30.3 Å². The van der Waals surface area contributed by atoms with E-state index in [9.17, 15) is 18.8 Å². The standard InChI is InChI=1S/C25H19BrF2N2O2/c1-2-32-24-13-16(12-20(26)19(24)14-17-7-3-4-8-21(17)27)11-18(15-29)25(31)30-23-10-6-5-9-22(23)28/h3-13H,2,14H2,1H3,(H,30,31)/b18-11+. The smallest absolute Gasteiger partial charge is 0.266 e. The highest BCUT2D eigenvalue weighted by Crippen LogP contribution is 2.33.